The molecule has 0 radical (unpaired) electrons. The van der Waals surface area contributed by atoms with E-state index in [1.54, 1.807) is 0 Å². The minimum Gasteiger partial charge on any atom is -0.362 e. The van der Waals surface area contributed by atoms with Gasteiger partial charge >= 0.3 is 6.18 Å². The standard InChI is InChI=1S/C12H16F3N3S/c13-12(14,15)10-17-7-9(19-10)18-6-3-11(8-18)1-4-16-5-2-11/h7,16H,1-6,8H2. The lowest BCUT2D eigenvalue weighted by molar-refractivity contribution is -0.137. The van der Waals surface area contributed by atoms with Crippen LogP contribution in [0, 0.1) is 5.41 Å². The Morgan fingerprint density at radius 3 is 2.63 bits per heavy atom. The number of hydrogen-bond acceptors (Lipinski definition) is 4. The van der Waals surface area contributed by atoms with Gasteiger partial charge in [0.05, 0.1) is 6.20 Å². The molecule has 0 aromatic carbocycles. The van der Waals surface area contributed by atoms with Crippen LogP contribution in [-0.4, -0.2) is 31.2 Å². The molecule has 0 unspecified atom stereocenters. The van der Waals surface area contributed by atoms with Gasteiger partial charge in [-0.15, -0.1) is 0 Å². The normalized spacial score (nSPS) is 23.2. The lowest BCUT2D eigenvalue weighted by atomic mass is 9.78. The van der Waals surface area contributed by atoms with Gasteiger partial charge in [-0.2, -0.15) is 13.2 Å². The number of hydrogen-bond donors (Lipinski definition) is 1. The Bertz CT molecular complexity index is 451. The first kappa shape index (κ1) is 13.2. The van der Waals surface area contributed by atoms with Crippen molar-refractivity contribution in [1.82, 2.24) is 10.3 Å². The molecule has 0 saturated carbocycles. The minimum absolute atomic E-state index is 0.299. The molecular formula is C12H16F3N3S. The molecule has 1 aromatic rings. The molecule has 2 aliphatic heterocycles. The van der Waals surface area contributed by atoms with Gasteiger partial charge in [-0.05, 0) is 37.8 Å². The largest absolute Gasteiger partial charge is 0.443 e. The number of alkyl halides is 3. The van der Waals surface area contributed by atoms with Crippen LogP contribution in [0.15, 0.2) is 6.20 Å². The van der Waals surface area contributed by atoms with Crippen molar-refractivity contribution in [2.75, 3.05) is 31.1 Å². The van der Waals surface area contributed by atoms with Crippen molar-refractivity contribution in [3.8, 4) is 0 Å². The highest BCUT2D eigenvalue weighted by Gasteiger charge is 2.40. The van der Waals surface area contributed by atoms with Gasteiger partial charge in [-0.3, -0.25) is 0 Å². The smallest absolute Gasteiger partial charge is 0.362 e. The van der Waals surface area contributed by atoms with Crippen LogP contribution in [0.5, 0.6) is 0 Å². The number of thiazole rings is 1. The third kappa shape index (κ3) is 2.58. The molecule has 0 amide bonds. The van der Waals surface area contributed by atoms with Gasteiger partial charge in [0.2, 0.25) is 0 Å². The van der Waals surface area contributed by atoms with Crippen molar-refractivity contribution in [3.05, 3.63) is 11.2 Å². The van der Waals surface area contributed by atoms with Crippen molar-refractivity contribution in [2.45, 2.75) is 25.4 Å². The van der Waals surface area contributed by atoms with Crippen LogP contribution in [0.1, 0.15) is 24.3 Å². The molecule has 3 nitrogen and oxygen atoms in total. The Morgan fingerprint density at radius 1 is 1.26 bits per heavy atom. The van der Waals surface area contributed by atoms with Gasteiger partial charge in [-0.1, -0.05) is 11.3 Å². The van der Waals surface area contributed by atoms with E-state index in [2.05, 4.69) is 15.2 Å². The molecule has 1 N–H and O–H groups in total. The minimum atomic E-state index is -4.32. The molecule has 0 atom stereocenters. The van der Waals surface area contributed by atoms with E-state index in [4.69, 9.17) is 0 Å². The summed E-state index contributed by atoms with van der Waals surface area (Å²) in [5, 5.41) is 3.25. The Kier molecular flexibility index (Phi) is 3.21. The van der Waals surface area contributed by atoms with E-state index in [1.807, 2.05) is 0 Å². The number of anilines is 1. The van der Waals surface area contributed by atoms with Crippen molar-refractivity contribution < 1.29 is 13.2 Å². The Balaban J connectivity index is 1.72. The Labute approximate surface area is 113 Å². The van der Waals surface area contributed by atoms with Crippen molar-refractivity contribution in [3.63, 3.8) is 0 Å². The number of rotatable bonds is 1. The topological polar surface area (TPSA) is 28.2 Å². The summed E-state index contributed by atoms with van der Waals surface area (Å²) in [7, 11) is 0. The molecule has 2 aliphatic rings. The summed E-state index contributed by atoms with van der Waals surface area (Å²) in [4.78, 5) is 5.57. The van der Waals surface area contributed by atoms with E-state index in [0.717, 1.165) is 56.8 Å². The van der Waals surface area contributed by atoms with E-state index in [-0.39, 0.29) is 0 Å². The fourth-order valence-electron chi connectivity index (χ4n) is 3.03. The van der Waals surface area contributed by atoms with Crippen LogP contribution in [0.3, 0.4) is 0 Å². The monoisotopic (exact) mass is 291 g/mol. The molecular weight excluding hydrogens is 275 g/mol. The Morgan fingerprint density at radius 2 is 2.00 bits per heavy atom. The SMILES string of the molecule is FC(F)(F)c1ncc(N2CCC3(CCNCC3)C2)s1. The summed E-state index contributed by atoms with van der Waals surface area (Å²) >= 11 is 0.759. The Hall–Kier alpha value is -0.820. The zero-order chi connectivity index (χ0) is 13.5. The summed E-state index contributed by atoms with van der Waals surface area (Å²) in [6.45, 7) is 3.75. The van der Waals surface area contributed by atoms with Crippen LogP contribution < -0.4 is 10.2 Å². The molecule has 106 valence electrons. The second-order valence-corrected chi connectivity index (χ2v) is 6.43. The molecule has 2 saturated heterocycles. The van der Waals surface area contributed by atoms with E-state index < -0.39 is 11.2 Å². The van der Waals surface area contributed by atoms with Gasteiger partial charge in [-0.25, -0.2) is 4.98 Å². The highest BCUT2D eigenvalue weighted by molar-refractivity contribution is 7.15. The number of piperidine rings is 1. The molecule has 1 spiro atoms. The van der Waals surface area contributed by atoms with Crippen LogP contribution >= 0.6 is 11.3 Å². The summed E-state index contributed by atoms with van der Waals surface area (Å²) in [5.41, 5.74) is 0.299. The molecule has 3 rings (SSSR count). The third-order valence-corrected chi connectivity index (χ3v) is 5.25. The average Bonchev–Trinajstić information content (AvgIpc) is 2.96. The van der Waals surface area contributed by atoms with Gasteiger partial charge in [0.15, 0.2) is 5.01 Å². The van der Waals surface area contributed by atoms with E-state index in [0.29, 0.717) is 10.4 Å². The first-order valence-electron chi connectivity index (χ1n) is 6.47. The van der Waals surface area contributed by atoms with Crippen LogP contribution in [-0.2, 0) is 6.18 Å². The number of nitrogens with zero attached hydrogens (tertiary/aromatic N) is 2. The van der Waals surface area contributed by atoms with Crippen molar-refractivity contribution >= 4 is 16.3 Å². The first-order valence-corrected chi connectivity index (χ1v) is 7.29. The van der Waals surface area contributed by atoms with Crippen molar-refractivity contribution in [1.29, 1.82) is 0 Å². The van der Waals surface area contributed by atoms with Gasteiger partial charge in [0, 0.05) is 13.1 Å². The zero-order valence-corrected chi connectivity index (χ0v) is 11.3. The predicted octanol–water partition coefficient (Wildman–Crippen LogP) is 2.74. The molecule has 0 aliphatic carbocycles. The quantitative estimate of drug-likeness (QED) is 0.862. The van der Waals surface area contributed by atoms with Crippen LogP contribution in [0.4, 0.5) is 18.2 Å². The summed E-state index contributed by atoms with van der Waals surface area (Å²) < 4.78 is 37.7. The van der Waals surface area contributed by atoms with E-state index in [1.165, 1.54) is 6.20 Å². The maximum absolute atomic E-state index is 12.6. The van der Waals surface area contributed by atoms with E-state index in [9.17, 15) is 13.2 Å². The number of nitrogens with one attached hydrogen (secondary N) is 1. The third-order valence-electron chi connectivity index (χ3n) is 4.15. The maximum Gasteiger partial charge on any atom is 0.443 e. The lowest BCUT2D eigenvalue weighted by Gasteiger charge is -2.33. The summed E-state index contributed by atoms with van der Waals surface area (Å²) in [5.74, 6) is 0. The molecule has 1 aromatic heterocycles. The van der Waals surface area contributed by atoms with Crippen LogP contribution in [0.25, 0.3) is 0 Å². The fraction of sp³-hybridized carbons (Fsp3) is 0.750. The number of aromatic nitrogens is 1. The second-order valence-electron chi connectivity index (χ2n) is 5.42. The van der Waals surface area contributed by atoms with Gasteiger partial charge in [0.1, 0.15) is 5.00 Å². The predicted molar refractivity (Wildman–Crippen MR) is 68.5 cm³/mol. The highest BCUT2D eigenvalue weighted by Crippen LogP contribution is 2.43. The lowest BCUT2D eigenvalue weighted by Crippen LogP contribution is -2.38. The van der Waals surface area contributed by atoms with Gasteiger partial charge < -0.3 is 10.2 Å². The molecule has 2 fully saturated rings. The highest BCUT2D eigenvalue weighted by atomic mass is 32.1. The molecule has 19 heavy (non-hydrogen) atoms. The first-order chi connectivity index (χ1) is 8.99. The van der Waals surface area contributed by atoms with E-state index >= 15 is 0 Å². The zero-order valence-electron chi connectivity index (χ0n) is 10.5. The van der Waals surface area contributed by atoms with Crippen LogP contribution in [0.2, 0.25) is 0 Å². The average molecular weight is 291 g/mol. The number of halogens is 3. The summed E-state index contributed by atoms with van der Waals surface area (Å²) in [6.07, 6.45) is 0.361. The van der Waals surface area contributed by atoms with Gasteiger partial charge in [0.25, 0.3) is 0 Å². The molecule has 7 heteroatoms. The molecule has 0 bridgehead atoms. The second kappa shape index (κ2) is 4.63. The molecule has 3 heterocycles. The van der Waals surface area contributed by atoms with Crippen molar-refractivity contribution in [2.24, 2.45) is 5.41 Å². The maximum atomic E-state index is 12.6. The summed E-state index contributed by atoms with van der Waals surface area (Å²) in [6, 6.07) is 0. The fourth-order valence-corrected chi connectivity index (χ4v) is 3.84.